The van der Waals surface area contributed by atoms with Gasteiger partial charge in [0.15, 0.2) is 0 Å². The van der Waals surface area contributed by atoms with Crippen LogP contribution in [0.1, 0.15) is 35.2 Å². The number of rotatable bonds is 5. The standard InChI is InChI=1S/C19H24N2O2/c1-13-7-5-6-8-17(13)15(3)21-19(22)20-12-16-9-10-18(23-4)14(2)11-16/h5-11,15H,12H2,1-4H3,(H2,20,21,22). The summed E-state index contributed by atoms with van der Waals surface area (Å²) in [5.41, 5.74) is 4.40. The van der Waals surface area contributed by atoms with Crippen LogP contribution in [0.3, 0.4) is 0 Å². The van der Waals surface area contributed by atoms with Crippen molar-refractivity contribution in [2.24, 2.45) is 0 Å². The van der Waals surface area contributed by atoms with Gasteiger partial charge in [0.2, 0.25) is 0 Å². The first-order chi connectivity index (χ1) is 11.0. The van der Waals surface area contributed by atoms with Crippen molar-refractivity contribution in [3.8, 4) is 5.75 Å². The minimum atomic E-state index is -0.172. The summed E-state index contributed by atoms with van der Waals surface area (Å²) in [6, 6.07) is 13.7. The summed E-state index contributed by atoms with van der Waals surface area (Å²) in [6.45, 7) is 6.50. The normalized spacial score (nSPS) is 11.7. The predicted molar refractivity (Wildman–Crippen MR) is 92.7 cm³/mol. The molecule has 1 unspecified atom stereocenters. The Balaban J connectivity index is 1.90. The molecule has 1 atom stereocenters. The van der Waals surface area contributed by atoms with Crippen LogP contribution in [0.2, 0.25) is 0 Å². The summed E-state index contributed by atoms with van der Waals surface area (Å²) < 4.78 is 5.24. The number of hydrogen-bond acceptors (Lipinski definition) is 2. The van der Waals surface area contributed by atoms with Gasteiger partial charge in [-0.1, -0.05) is 36.4 Å². The SMILES string of the molecule is COc1ccc(CNC(=O)NC(C)c2ccccc2C)cc1C. The lowest BCUT2D eigenvalue weighted by Gasteiger charge is -2.17. The third-order valence-electron chi connectivity index (χ3n) is 3.91. The number of urea groups is 1. The maximum absolute atomic E-state index is 12.1. The number of carbonyl (C=O) groups excluding carboxylic acids is 1. The van der Waals surface area contributed by atoms with Gasteiger partial charge in [-0.2, -0.15) is 0 Å². The van der Waals surface area contributed by atoms with Crippen LogP contribution in [0.5, 0.6) is 5.75 Å². The lowest BCUT2D eigenvalue weighted by Crippen LogP contribution is -2.36. The Morgan fingerprint density at radius 1 is 1.13 bits per heavy atom. The molecule has 122 valence electrons. The Bertz CT molecular complexity index is 683. The molecule has 2 N–H and O–H groups in total. The zero-order valence-electron chi connectivity index (χ0n) is 14.1. The molecular formula is C19H24N2O2. The number of amides is 2. The molecule has 0 bridgehead atoms. The van der Waals surface area contributed by atoms with Gasteiger partial charge in [0.1, 0.15) is 5.75 Å². The summed E-state index contributed by atoms with van der Waals surface area (Å²) in [5, 5.41) is 5.86. The van der Waals surface area contributed by atoms with Crippen molar-refractivity contribution in [1.82, 2.24) is 10.6 Å². The molecule has 0 radical (unpaired) electrons. The molecule has 2 rings (SSSR count). The molecule has 4 nitrogen and oxygen atoms in total. The van der Waals surface area contributed by atoms with Crippen molar-refractivity contribution in [1.29, 1.82) is 0 Å². The van der Waals surface area contributed by atoms with E-state index in [1.165, 1.54) is 5.56 Å². The van der Waals surface area contributed by atoms with Gasteiger partial charge in [0.25, 0.3) is 0 Å². The van der Waals surface area contributed by atoms with Crippen molar-refractivity contribution < 1.29 is 9.53 Å². The van der Waals surface area contributed by atoms with Gasteiger partial charge in [0.05, 0.1) is 13.2 Å². The molecule has 0 aliphatic heterocycles. The van der Waals surface area contributed by atoms with Crippen molar-refractivity contribution in [2.45, 2.75) is 33.4 Å². The molecular weight excluding hydrogens is 288 g/mol. The molecule has 2 amide bonds. The number of hydrogen-bond donors (Lipinski definition) is 2. The van der Waals surface area contributed by atoms with Crippen molar-refractivity contribution in [3.63, 3.8) is 0 Å². The highest BCUT2D eigenvalue weighted by atomic mass is 16.5. The minimum absolute atomic E-state index is 0.0335. The second-order valence-electron chi connectivity index (χ2n) is 5.71. The van der Waals surface area contributed by atoms with Crippen LogP contribution in [0.25, 0.3) is 0 Å². The second-order valence-corrected chi connectivity index (χ2v) is 5.71. The third kappa shape index (κ3) is 4.49. The van der Waals surface area contributed by atoms with Gasteiger partial charge in [-0.15, -0.1) is 0 Å². The van der Waals surface area contributed by atoms with E-state index in [1.807, 2.05) is 63.2 Å². The molecule has 0 aliphatic rings. The number of ether oxygens (including phenoxy) is 1. The number of nitrogens with one attached hydrogen (secondary N) is 2. The lowest BCUT2D eigenvalue weighted by molar-refractivity contribution is 0.237. The smallest absolute Gasteiger partial charge is 0.315 e. The van der Waals surface area contributed by atoms with E-state index < -0.39 is 0 Å². The van der Waals surface area contributed by atoms with Gasteiger partial charge in [-0.3, -0.25) is 0 Å². The number of benzene rings is 2. The third-order valence-corrected chi connectivity index (χ3v) is 3.91. The van der Waals surface area contributed by atoms with Crippen LogP contribution < -0.4 is 15.4 Å². The van der Waals surface area contributed by atoms with Crippen molar-refractivity contribution in [3.05, 3.63) is 64.7 Å². The number of methoxy groups -OCH3 is 1. The molecule has 2 aromatic carbocycles. The summed E-state index contributed by atoms with van der Waals surface area (Å²) in [5.74, 6) is 0.853. The van der Waals surface area contributed by atoms with E-state index in [1.54, 1.807) is 7.11 Å². The van der Waals surface area contributed by atoms with Gasteiger partial charge in [0, 0.05) is 6.54 Å². The summed E-state index contributed by atoms with van der Waals surface area (Å²) in [6.07, 6.45) is 0. The van der Waals surface area contributed by atoms with Crippen molar-refractivity contribution >= 4 is 6.03 Å². The Hall–Kier alpha value is -2.49. The Labute approximate surface area is 137 Å². The Morgan fingerprint density at radius 2 is 1.87 bits per heavy atom. The molecule has 23 heavy (non-hydrogen) atoms. The number of carbonyl (C=O) groups is 1. The first-order valence-electron chi connectivity index (χ1n) is 7.74. The average molecular weight is 312 g/mol. The molecule has 2 aromatic rings. The summed E-state index contributed by atoms with van der Waals surface area (Å²) >= 11 is 0. The van der Waals surface area contributed by atoms with Gasteiger partial charge in [-0.25, -0.2) is 4.79 Å². The molecule has 0 heterocycles. The maximum atomic E-state index is 12.1. The highest BCUT2D eigenvalue weighted by Gasteiger charge is 2.11. The molecule has 0 fully saturated rings. The first-order valence-corrected chi connectivity index (χ1v) is 7.74. The highest BCUT2D eigenvalue weighted by molar-refractivity contribution is 5.74. The summed E-state index contributed by atoms with van der Waals surface area (Å²) in [7, 11) is 1.65. The Morgan fingerprint density at radius 3 is 2.52 bits per heavy atom. The van der Waals surface area contributed by atoms with E-state index in [4.69, 9.17) is 4.74 Å². The monoisotopic (exact) mass is 312 g/mol. The van der Waals surface area contributed by atoms with Crippen LogP contribution in [0.4, 0.5) is 4.79 Å². The molecule has 4 heteroatoms. The molecule has 0 saturated carbocycles. The van der Waals surface area contributed by atoms with E-state index in [0.717, 1.165) is 22.4 Å². The predicted octanol–water partition coefficient (Wildman–Crippen LogP) is 3.87. The van der Waals surface area contributed by atoms with Crippen LogP contribution in [0.15, 0.2) is 42.5 Å². The fourth-order valence-corrected chi connectivity index (χ4v) is 2.63. The lowest BCUT2D eigenvalue weighted by atomic mass is 10.0. The van der Waals surface area contributed by atoms with E-state index in [-0.39, 0.29) is 12.1 Å². The second kappa shape index (κ2) is 7.68. The van der Waals surface area contributed by atoms with Gasteiger partial charge in [-0.05, 0) is 49.1 Å². The first kappa shape index (κ1) is 16.9. The molecule has 0 aromatic heterocycles. The molecule has 0 saturated heterocycles. The van der Waals surface area contributed by atoms with Crippen LogP contribution >= 0.6 is 0 Å². The zero-order valence-corrected chi connectivity index (χ0v) is 14.1. The maximum Gasteiger partial charge on any atom is 0.315 e. The molecule has 0 aliphatic carbocycles. The van der Waals surface area contributed by atoms with Gasteiger partial charge < -0.3 is 15.4 Å². The Kier molecular flexibility index (Phi) is 5.63. The molecule has 0 spiro atoms. The topological polar surface area (TPSA) is 50.4 Å². The zero-order chi connectivity index (χ0) is 16.8. The van der Waals surface area contributed by atoms with Crippen LogP contribution in [-0.4, -0.2) is 13.1 Å². The van der Waals surface area contributed by atoms with E-state index in [0.29, 0.717) is 6.54 Å². The van der Waals surface area contributed by atoms with E-state index in [9.17, 15) is 4.79 Å². The van der Waals surface area contributed by atoms with Crippen LogP contribution in [-0.2, 0) is 6.54 Å². The van der Waals surface area contributed by atoms with E-state index >= 15 is 0 Å². The summed E-state index contributed by atoms with van der Waals surface area (Å²) in [4.78, 5) is 12.1. The fraction of sp³-hybridized carbons (Fsp3) is 0.316. The van der Waals surface area contributed by atoms with E-state index in [2.05, 4.69) is 10.6 Å². The average Bonchev–Trinajstić information content (AvgIpc) is 2.53. The largest absolute Gasteiger partial charge is 0.496 e. The number of aryl methyl sites for hydroxylation is 2. The minimum Gasteiger partial charge on any atom is -0.496 e. The quantitative estimate of drug-likeness (QED) is 0.880. The van der Waals surface area contributed by atoms with Crippen molar-refractivity contribution in [2.75, 3.05) is 7.11 Å². The highest BCUT2D eigenvalue weighted by Crippen LogP contribution is 2.18. The van der Waals surface area contributed by atoms with Crippen LogP contribution in [0, 0.1) is 13.8 Å². The van der Waals surface area contributed by atoms with Gasteiger partial charge >= 0.3 is 6.03 Å². The fourth-order valence-electron chi connectivity index (χ4n) is 2.63.